The third kappa shape index (κ3) is 4.50. The van der Waals surface area contributed by atoms with Crippen LogP contribution in [0, 0.1) is 10.1 Å². The van der Waals surface area contributed by atoms with Gasteiger partial charge < -0.3 is 14.8 Å². The van der Waals surface area contributed by atoms with E-state index in [9.17, 15) is 19.7 Å². The van der Waals surface area contributed by atoms with Gasteiger partial charge in [0.1, 0.15) is 12.4 Å². The number of fused-ring (bicyclic) bond motifs is 2. The van der Waals surface area contributed by atoms with E-state index in [2.05, 4.69) is 21.2 Å². The molecule has 0 aromatic heterocycles. The van der Waals surface area contributed by atoms with Gasteiger partial charge in [0.25, 0.3) is 5.69 Å². The lowest BCUT2D eigenvalue weighted by Gasteiger charge is -2.29. The van der Waals surface area contributed by atoms with E-state index in [0.29, 0.717) is 38.3 Å². The van der Waals surface area contributed by atoms with Crippen LogP contribution < -0.4 is 10.1 Å². The number of ketones is 1. The van der Waals surface area contributed by atoms with Crippen LogP contribution in [0.15, 0.2) is 88.0 Å². The summed E-state index contributed by atoms with van der Waals surface area (Å²) in [4.78, 5) is 37.1. The zero-order valence-electron chi connectivity index (χ0n) is 20.6. The first kappa shape index (κ1) is 25.4. The average Bonchev–Trinajstić information content (AvgIpc) is 3.19. The maximum atomic E-state index is 13.6. The molecule has 0 spiro atoms. The van der Waals surface area contributed by atoms with Gasteiger partial charge in [0, 0.05) is 40.4 Å². The van der Waals surface area contributed by atoms with Gasteiger partial charge in [0.05, 0.1) is 27.3 Å². The second-order valence-corrected chi connectivity index (χ2v) is 9.74. The highest BCUT2D eigenvalue weighted by Crippen LogP contribution is 2.47. The quantitative estimate of drug-likeness (QED) is 0.207. The standard InChI is InChI=1S/C29H23BrN2O6/c1-3-37-29(34)24-16(2)31-27-20-6-4-5-7-21(20)28(33)26(27)25(24)18-10-13-23(22(30)14-18)38-15-17-8-11-19(12-9-17)32(35)36/h4-14,25,31H,3,15H2,1-2H3/t25-/m0/s1. The first-order valence-corrected chi connectivity index (χ1v) is 12.8. The van der Waals surface area contributed by atoms with E-state index in [-0.39, 0.29) is 24.7 Å². The number of benzene rings is 3. The summed E-state index contributed by atoms with van der Waals surface area (Å²) in [7, 11) is 0. The molecule has 0 saturated carbocycles. The number of esters is 1. The minimum atomic E-state index is -0.634. The molecule has 0 saturated heterocycles. The highest BCUT2D eigenvalue weighted by atomic mass is 79.9. The van der Waals surface area contributed by atoms with E-state index in [4.69, 9.17) is 9.47 Å². The molecule has 1 aliphatic heterocycles. The fraction of sp³-hybridized carbons (Fsp3) is 0.172. The molecule has 1 aliphatic carbocycles. The third-order valence-electron chi connectivity index (χ3n) is 6.57. The van der Waals surface area contributed by atoms with Crippen molar-refractivity contribution in [2.45, 2.75) is 26.4 Å². The molecular formula is C29H23BrN2O6. The van der Waals surface area contributed by atoms with Crippen molar-refractivity contribution in [1.82, 2.24) is 5.32 Å². The first-order chi connectivity index (χ1) is 18.3. The molecular weight excluding hydrogens is 552 g/mol. The molecule has 1 atom stereocenters. The van der Waals surface area contributed by atoms with Gasteiger partial charge in [-0.2, -0.15) is 0 Å². The molecule has 3 aromatic carbocycles. The number of rotatable bonds is 7. The number of nitro benzene ring substituents is 1. The average molecular weight is 575 g/mol. The van der Waals surface area contributed by atoms with Crippen LogP contribution in [0.1, 0.15) is 46.8 Å². The minimum Gasteiger partial charge on any atom is -0.488 e. The number of nitro groups is 1. The largest absolute Gasteiger partial charge is 0.488 e. The third-order valence-corrected chi connectivity index (χ3v) is 7.19. The number of carbonyl (C=O) groups excluding carboxylic acids is 2. The van der Waals surface area contributed by atoms with Crippen LogP contribution in [0.4, 0.5) is 5.69 Å². The van der Waals surface area contributed by atoms with Crippen LogP contribution in [0.5, 0.6) is 5.75 Å². The Labute approximate surface area is 227 Å². The van der Waals surface area contributed by atoms with Crippen LogP contribution in [0.2, 0.25) is 0 Å². The first-order valence-electron chi connectivity index (χ1n) is 12.0. The second kappa shape index (κ2) is 10.3. The van der Waals surface area contributed by atoms with Crippen molar-refractivity contribution < 1.29 is 24.0 Å². The fourth-order valence-electron chi connectivity index (χ4n) is 4.83. The summed E-state index contributed by atoms with van der Waals surface area (Å²) < 4.78 is 12.0. The molecule has 9 heteroatoms. The van der Waals surface area contributed by atoms with E-state index >= 15 is 0 Å². The van der Waals surface area contributed by atoms with Gasteiger partial charge in [-0.15, -0.1) is 0 Å². The Hall–Kier alpha value is -4.24. The predicted molar refractivity (Wildman–Crippen MR) is 144 cm³/mol. The van der Waals surface area contributed by atoms with Crippen LogP contribution in [0.3, 0.4) is 0 Å². The summed E-state index contributed by atoms with van der Waals surface area (Å²) >= 11 is 3.57. The highest BCUT2D eigenvalue weighted by Gasteiger charge is 2.43. The van der Waals surface area contributed by atoms with Crippen molar-refractivity contribution in [3.05, 3.63) is 120 Å². The van der Waals surface area contributed by atoms with Gasteiger partial charge in [-0.05, 0) is 65.2 Å². The molecule has 38 heavy (non-hydrogen) atoms. The Kier molecular flexibility index (Phi) is 6.86. The van der Waals surface area contributed by atoms with Crippen molar-refractivity contribution in [3.8, 4) is 5.75 Å². The summed E-state index contributed by atoms with van der Waals surface area (Å²) in [6.45, 7) is 3.97. The van der Waals surface area contributed by atoms with Crippen LogP contribution >= 0.6 is 15.9 Å². The molecule has 2 aliphatic rings. The van der Waals surface area contributed by atoms with Crippen molar-refractivity contribution in [3.63, 3.8) is 0 Å². The number of nitrogens with zero attached hydrogens (tertiary/aromatic N) is 1. The Balaban J connectivity index is 1.49. The lowest BCUT2D eigenvalue weighted by molar-refractivity contribution is -0.384. The van der Waals surface area contributed by atoms with Gasteiger partial charge in [-0.25, -0.2) is 4.79 Å². The van der Waals surface area contributed by atoms with Gasteiger partial charge >= 0.3 is 5.97 Å². The Morgan fingerprint density at radius 2 is 1.79 bits per heavy atom. The second-order valence-electron chi connectivity index (χ2n) is 8.88. The molecule has 3 aromatic rings. The van der Waals surface area contributed by atoms with Crippen molar-refractivity contribution in [2.75, 3.05) is 6.61 Å². The molecule has 8 nitrogen and oxygen atoms in total. The van der Waals surface area contributed by atoms with E-state index < -0.39 is 16.8 Å². The zero-order chi connectivity index (χ0) is 27.0. The number of dihydropyridines is 1. The number of halogens is 1. The Morgan fingerprint density at radius 3 is 2.45 bits per heavy atom. The summed E-state index contributed by atoms with van der Waals surface area (Å²) in [5.41, 5.74) is 5.15. The predicted octanol–water partition coefficient (Wildman–Crippen LogP) is 6.07. The van der Waals surface area contributed by atoms with Gasteiger partial charge in [0.2, 0.25) is 0 Å². The molecule has 192 valence electrons. The number of hydrogen-bond acceptors (Lipinski definition) is 7. The summed E-state index contributed by atoms with van der Waals surface area (Å²) in [5.74, 6) is -0.690. The van der Waals surface area contributed by atoms with Crippen molar-refractivity contribution >= 4 is 39.1 Å². The molecule has 0 unspecified atom stereocenters. The topological polar surface area (TPSA) is 108 Å². The van der Waals surface area contributed by atoms with Crippen LogP contribution in [-0.2, 0) is 16.1 Å². The molecule has 5 rings (SSSR count). The molecule has 0 fully saturated rings. The molecule has 0 radical (unpaired) electrons. The highest BCUT2D eigenvalue weighted by molar-refractivity contribution is 9.10. The summed E-state index contributed by atoms with van der Waals surface area (Å²) in [6, 6.07) is 19.0. The normalized spacial score (nSPS) is 16.1. The Bertz CT molecular complexity index is 1540. The SMILES string of the molecule is CCOC(=O)C1=C(C)NC2=C(C(=O)c3ccccc32)[C@H]1c1ccc(OCc2ccc([N+](=O)[O-])cc2)c(Br)c1. The van der Waals surface area contributed by atoms with E-state index in [1.165, 1.54) is 12.1 Å². The summed E-state index contributed by atoms with van der Waals surface area (Å²) in [5, 5.41) is 14.2. The van der Waals surface area contributed by atoms with Gasteiger partial charge in [-0.3, -0.25) is 14.9 Å². The smallest absolute Gasteiger partial charge is 0.336 e. The zero-order valence-corrected chi connectivity index (χ0v) is 22.2. The number of ether oxygens (including phenoxy) is 2. The van der Waals surface area contributed by atoms with E-state index in [1.54, 1.807) is 31.2 Å². The number of Topliss-reactive ketones (excluding diaryl/α,β-unsaturated/α-hetero) is 1. The maximum absolute atomic E-state index is 13.6. The van der Waals surface area contributed by atoms with E-state index in [0.717, 1.165) is 16.7 Å². The molecule has 1 heterocycles. The molecule has 0 amide bonds. The van der Waals surface area contributed by atoms with E-state index in [1.807, 2.05) is 37.3 Å². The maximum Gasteiger partial charge on any atom is 0.336 e. The lowest BCUT2D eigenvalue weighted by atomic mass is 9.80. The monoisotopic (exact) mass is 574 g/mol. The minimum absolute atomic E-state index is 0.0132. The molecule has 0 bridgehead atoms. The van der Waals surface area contributed by atoms with Crippen LogP contribution in [0.25, 0.3) is 5.70 Å². The summed E-state index contributed by atoms with van der Waals surface area (Å²) in [6.07, 6.45) is 0. The van der Waals surface area contributed by atoms with Crippen LogP contribution in [-0.4, -0.2) is 23.3 Å². The number of nitrogens with one attached hydrogen (secondary N) is 1. The number of allylic oxidation sites excluding steroid dienone is 2. The van der Waals surface area contributed by atoms with Gasteiger partial charge in [0.15, 0.2) is 5.78 Å². The lowest BCUT2D eigenvalue weighted by Crippen LogP contribution is -2.29. The number of hydrogen-bond donors (Lipinski definition) is 1. The number of non-ortho nitro benzene ring substituents is 1. The fourth-order valence-corrected chi connectivity index (χ4v) is 5.34. The van der Waals surface area contributed by atoms with Crippen molar-refractivity contribution in [1.29, 1.82) is 0 Å². The Morgan fingerprint density at radius 1 is 1.08 bits per heavy atom. The van der Waals surface area contributed by atoms with Crippen molar-refractivity contribution in [2.24, 2.45) is 0 Å². The van der Waals surface area contributed by atoms with Gasteiger partial charge in [-0.1, -0.05) is 30.3 Å². The number of carbonyl (C=O) groups is 2. The molecule has 1 N–H and O–H groups in total.